The van der Waals surface area contributed by atoms with Crippen LogP contribution >= 0.6 is 11.3 Å². The predicted molar refractivity (Wildman–Crippen MR) is 96.1 cm³/mol. The molecular formula is C18H20N2O5S. The van der Waals surface area contributed by atoms with E-state index in [4.69, 9.17) is 14.6 Å². The Morgan fingerprint density at radius 3 is 2.65 bits per heavy atom. The van der Waals surface area contributed by atoms with Crippen molar-refractivity contribution >= 4 is 23.2 Å². The number of amides is 1. The van der Waals surface area contributed by atoms with Crippen LogP contribution in [-0.2, 0) is 4.74 Å². The molecule has 138 valence electrons. The summed E-state index contributed by atoms with van der Waals surface area (Å²) in [6, 6.07) is 5.93. The van der Waals surface area contributed by atoms with E-state index in [1.807, 2.05) is 13.8 Å². The van der Waals surface area contributed by atoms with Gasteiger partial charge in [0, 0.05) is 6.42 Å². The first kappa shape index (κ1) is 18.3. The summed E-state index contributed by atoms with van der Waals surface area (Å²) in [6.07, 6.45) is 0.379. The van der Waals surface area contributed by atoms with Crippen LogP contribution in [0.5, 0.6) is 5.75 Å². The molecule has 1 aliphatic rings. The number of thiazole rings is 1. The standard InChI is InChI=1S/C18H20N2O5S/c1-10-16(26-11(2)19-10)17(21)20-14-9-24-8-7-15(14)25-13-5-3-12(4-6-13)18(22)23/h3-6,14-15H,7-9H2,1-2H3,(H,20,21)(H,22,23)/t14-,15-/m1/s1. The summed E-state index contributed by atoms with van der Waals surface area (Å²) in [5, 5.41) is 12.8. The summed E-state index contributed by atoms with van der Waals surface area (Å²) >= 11 is 1.36. The third kappa shape index (κ3) is 4.20. The van der Waals surface area contributed by atoms with Gasteiger partial charge in [-0.15, -0.1) is 11.3 Å². The van der Waals surface area contributed by atoms with Gasteiger partial charge in [0.2, 0.25) is 0 Å². The Labute approximate surface area is 155 Å². The highest BCUT2D eigenvalue weighted by atomic mass is 32.1. The Balaban J connectivity index is 1.68. The quantitative estimate of drug-likeness (QED) is 0.832. The van der Waals surface area contributed by atoms with E-state index in [9.17, 15) is 9.59 Å². The molecular weight excluding hydrogens is 356 g/mol. The minimum absolute atomic E-state index is 0.182. The number of hydrogen-bond donors (Lipinski definition) is 2. The summed E-state index contributed by atoms with van der Waals surface area (Å²) in [5.74, 6) is -0.604. The molecule has 0 aliphatic carbocycles. The van der Waals surface area contributed by atoms with Gasteiger partial charge >= 0.3 is 5.97 Å². The number of benzene rings is 1. The second-order valence-corrected chi connectivity index (χ2v) is 7.28. The number of hydrogen-bond acceptors (Lipinski definition) is 6. The van der Waals surface area contributed by atoms with Crippen LogP contribution in [0.15, 0.2) is 24.3 Å². The Morgan fingerprint density at radius 1 is 1.31 bits per heavy atom. The van der Waals surface area contributed by atoms with Crippen LogP contribution < -0.4 is 10.1 Å². The third-order valence-electron chi connectivity index (χ3n) is 4.11. The highest BCUT2D eigenvalue weighted by Crippen LogP contribution is 2.21. The summed E-state index contributed by atoms with van der Waals surface area (Å²) in [5.41, 5.74) is 0.911. The van der Waals surface area contributed by atoms with E-state index in [1.165, 1.54) is 23.5 Å². The molecule has 2 N–H and O–H groups in total. The number of ether oxygens (including phenoxy) is 2. The summed E-state index contributed by atoms with van der Waals surface area (Å²) < 4.78 is 11.5. The predicted octanol–water partition coefficient (Wildman–Crippen LogP) is 2.42. The lowest BCUT2D eigenvalue weighted by atomic mass is 10.1. The fraction of sp³-hybridized carbons (Fsp3) is 0.389. The number of rotatable bonds is 5. The van der Waals surface area contributed by atoms with Crippen molar-refractivity contribution in [3.8, 4) is 5.75 Å². The fourth-order valence-electron chi connectivity index (χ4n) is 2.82. The molecule has 3 rings (SSSR count). The number of nitrogens with zero attached hydrogens (tertiary/aromatic N) is 1. The van der Waals surface area contributed by atoms with Crippen LogP contribution in [0.3, 0.4) is 0 Å². The molecule has 2 heterocycles. The normalized spacial score (nSPS) is 19.8. The number of carbonyl (C=O) groups excluding carboxylic acids is 1. The van der Waals surface area contributed by atoms with E-state index in [1.54, 1.807) is 12.1 Å². The topological polar surface area (TPSA) is 97.8 Å². The number of carboxylic acids is 1. The van der Waals surface area contributed by atoms with E-state index in [0.29, 0.717) is 36.0 Å². The molecule has 0 unspecified atom stereocenters. The molecule has 1 aromatic carbocycles. The molecule has 0 spiro atoms. The van der Waals surface area contributed by atoms with E-state index < -0.39 is 5.97 Å². The van der Waals surface area contributed by atoms with Gasteiger partial charge in [-0.3, -0.25) is 4.79 Å². The maximum Gasteiger partial charge on any atom is 0.335 e. The lowest BCUT2D eigenvalue weighted by Gasteiger charge is -2.32. The van der Waals surface area contributed by atoms with Gasteiger partial charge < -0.3 is 19.9 Å². The number of carbonyl (C=O) groups is 2. The molecule has 1 aliphatic heterocycles. The molecule has 0 bridgehead atoms. The van der Waals surface area contributed by atoms with E-state index in [0.717, 1.165) is 5.01 Å². The number of carboxylic acid groups (broad SMARTS) is 1. The Kier molecular flexibility index (Phi) is 5.53. The maximum absolute atomic E-state index is 12.5. The van der Waals surface area contributed by atoms with Gasteiger partial charge in [-0.25, -0.2) is 9.78 Å². The van der Waals surface area contributed by atoms with Crippen molar-refractivity contribution < 1.29 is 24.2 Å². The van der Waals surface area contributed by atoms with Gasteiger partial charge in [0.05, 0.1) is 35.5 Å². The monoisotopic (exact) mass is 376 g/mol. The van der Waals surface area contributed by atoms with Crippen LogP contribution in [-0.4, -0.2) is 47.3 Å². The van der Waals surface area contributed by atoms with E-state index >= 15 is 0 Å². The van der Waals surface area contributed by atoms with Crippen molar-refractivity contribution in [1.82, 2.24) is 10.3 Å². The van der Waals surface area contributed by atoms with Gasteiger partial charge in [-0.05, 0) is 38.1 Å². The second-order valence-electron chi connectivity index (χ2n) is 6.08. The number of aryl methyl sites for hydroxylation is 2. The fourth-order valence-corrected chi connectivity index (χ4v) is 3.64. The van der Waals surface area contributed by atoms with E-state index in [2.05, 4.69) is 10.3 Å². The first-order chi connectivity index (χ1) is 12.4. The molecule has 26 heavy (non-hydrogen) atoms. The average Bonchev–Trinajstić information content (AvgIpc) is 2.95. The van der Waals surface area contributed by atoms with Crippen LogP contribution in [0.4, 0.5) is 0 Å². The maximum atomic E-state index is 12.5. The van der Waals surface area contributed by atoms with Gasteiger partial charge in [0.1, 0.15) is 16.7 Å². The summed E-state index contributed by atoms with van der Waals surface area (Å²) in [7, 11) is 0. The SMILES string of the molecule is Cc1nc(C)c(C(=O)N[C@@H]2COCC[C@H]2Oc2ccc(C(=O)O)cc2)s1. The summed E-state index contributed by atoms with van der Waals surface area (Å²) in [6.45, 7) is 4.59. The number of aromatic nitrogens is 1. The second kappa shape index (κ2) is 7.84. The van der Waals surface area contributed by atoms with Crippen molar-refractivity contribution in [3.05, 3.63) is 45.4 Å². The number of nitrogens with one attached hydrogen (secondary N) is 1. The Morgan fingerprint density at radius 2 is 2.04 bits per heavy atom. The molecule has 7 nitrogen and oxygen atoms in total. The van der Waals surface area contributed by atoms with Crippen LogP contribution in [0.2, 0.25) is 0 Å². The molecule has 0 saturated carbocycles. The smallest absolute Gasteiger partial charge is 0.335 e. The van der Waals surface area contributed by atoms with Gasteiger partial charge in [0.25, 0.3) is 5.91 Å². The molecule has 1 aromatic heterocycles. The molecule has 1 fully saturated rings. The van der Waals surface area contributed by atoms with Crippen molar-refractivity contribution in [1.29, 1.82) is 0 Å². The van der Waals surface area contributed by atoms with Crippen LogP contribution in [0.25, 0.3) is 0 Å². The minimum Gasteiger partial charge on any atom is -0.488 e. The molecule has 1 saturated heterocycles. The van der Waals surface area contributed by atoms with Gasteiger partial charge in [-0.1, -0.05) is 0 Å². The molecule has 8 heteroatoms. The molecule has 0 radical (unpaired) electrons. The molecule has 2 aromatic rings. The lowest BCUT2D eigenvalue weighted by Crippen LogP contribution is -2.51. The largest absolute Gasteiger partial charge is 0.488 e. The highest BCUT2D eigenvalue weighted by molar-refractivity contribution is 7.13. The third-order valence-corrected chi connectivity index (χ3v) is 5.18. The van der Waals surface area contributed by atoms with Gasteiger partial charge in [0.15, 0.2) is 0 Å². The van der Waals surface area contributed by atoms with Crippen molar-refractivity contribution in [2.24, 2.45) is 0 Å². The molecule has 1 amide bonds. The van der Waals surface area contributed by atoms with Crippen molar-refractivity contribution in [2.75, 3.05) is 13.2 Å². The Bertz CT molecular complexity index is 802. The first-order valence-electron chi connectivity index (χ1n) is 8.26. The zero-order valence-corrected chi connectivity index (χ0v) is 15.3. The number of aromatic carboxylic acids is 1. The van der Waals surface area contributed by atoms with Gasteiger partial charge in [-0.2, -0.15) is 0 Å². The first-order valence-corrected chi connectivity index (χ1v) is 9.08. The zero-order valence-electron chi connectivity index (χ0n) is 14.5. The molecule has 2 atom stereocenters. The van der Waals surface area contributed by atoms with Crippen LogP contribution in [0.1, 0.15) is 37.2 Å². The van der Waals surface area contributed by atoms with Crippen LogP contribution in [0, 0.1) is 13.8 Å². The van der Waals surface area contributed by atoms with Crippen molar-refractivity contribution in [3.63, 3.8) is 0 Å². The highest BCUT2D eigenvalue weighted by Gasteiger charge is 2.30. The van der Waals surface area contributed by atoms with E-state index in [-0.39, 0.29) is 23.6 Å². The Hall–Kier alpha value is -2.45. The lowest BCUT2D eigenvalue weighted by molar-refractivity contribution is -0.00284. The average molecular weight is 376 g/mol. The summed E-state index contributed by atoms with van der Waals surface area (Å²) in [4.78, 5) is 28.4. The van der Waals surface area contributed by atoms with Crippen molar-refractivity contribution in [2.45, 2.75) is 32.4 Å². The minimum atomic E-state index is -0.983. The zero-order chi connectivity index (χ0) is 18.7.